The minimum atomic E-state index is -0.0121. The topological polar surface area (TPSA) is 67.6 Å². The summed E-state index contributed by atoms with van der Waals surface area (Å²) in [4.78, 5) is 0. The van der Waals surface area contributed by atoms with Crippen molar-refractivity contribution < 1.29 is 0 Å². The minimum Gasteiger partial charge on any atom is -0.382 e. The molecule has 2 aromatic rings. The molecule has 1 aromatic heterocycles. The van der Waals surface area contributed by atoms with Gasteiger partial charge in [-0.25, -0.2) is 4.68 Å². The summed E-state index contributed by atoms with van der Waals surface area (Å²) < 4.78 is 1.62. The SMILES string of the molecule is CC(C)(C)c1ccccc1-n1ncc(C#N)c1N. The third-order valence-electron chi connectivity index (χ3n) is 2.87. The molecule has 4 heteroatoms. The Labute approximate surface area is 107 Å². The lowest BCUT2D eigenvalue weighted by molar-refractivity contribution is 0.583. The molecule has 1 aromatic carbocycles. The van der Waals surface area contributed by atoms with Gasteiger partial charge in [-0.3, -0.25) is 0 Å². The molecule has 4 nitrogen and oxygen atoms in total. The summed E-state index contributed by atoms with van der Waals surface area (Å²) in [5.41, 5.74) is 8.39. The lowest BCUT2D eigenvalue weighted by Crippen LogP contribution is -2.16. The first-order valence-electron chi connectivity index (χ1n) is 5.78. The van der Waals surface area contributed by atoms with E-state index >= 15 is 0 Å². The first-order chi connectivity index (χ1) is 8.45. The lowest BCUT2D eigenvalue weighted by atomic mass is 9.86. The molecule has 0 radical (unpaired) electrons. The zero-order chi connectivity index (χ0) is 13.3. The van der Waals surface area contributed by atoms with Crippen LogP contribution in [0.2, 0.25) is 0 Å². The Bertz CT molecular complexity index is 611. The van der Waals surface area contributed by atoms with Crippen LogP contribution in [0.4, 0.5) is 5.82 Å². The second-order valence-corrected chi connectivity index (χ2v) is 5.23. The van der Waals surface area contributed by atoms with Gasteiger partial charge in [-0.1, -0.05) is 39.0 Å². The normalized spacial score (nSPS) is 11.2. The van der Waals surface area contributed by atoms with Crippen LogP contribution in [0.1, 0.15) is 31.9 Å². The second kappa shape index (κ2) is 4.19. The highest BCUT2D eigenvalue weighted by atomic mass is 15.3. The van der Waals surface area contributed by atoms with E-state index in [0.717, 1.165) is 11.3 Å². The second-order valence-electron chi connectivity index (χ2n) is 5.23. The molecule has 18 heavy (non-hydrogen) atoms. The van der Waals surface area contributed by atoms with Gasteiger partial charge in [0.25, 0.3) is 0 Å². The average Bonchev–Trinajstić information content (AvgIpc) is 2.69. The smallest absolute Gasteiger partial charge is 0.145 e. The summed E-state index contributed by atoms with van der Waals surface area (Å²) in [5, 5.41) is 13.1. The Morgan fingerprint density at radius 1 is 1.28 bits per heavy atom. The zero-order valence-electron chi connectivity index (χ0n) is 10.8. The molecule has 0 aliphatic carbocycles. The van der Waals surface area contributed by atoms with Gasteiger partial charge in [-0.05, 0) is 17.0 Å². The Kier molecular flexibility index (Phi) is 2.84. The fourth-order valence-electron chi connectivity index (χ4n) is 1.93. The number of rotatable bonds is 1. The average molecular weight is 240 g/mol. The first-order valence-corrected chi connectivity index (χ1v) is 5.78. The Balaban J connectivity index is 2.65. The monoisotopic (exact) mass is 240 g/mol. The fraction of sp³-hybridized carbons (Fsp3) is 0.286. The third-order valence-corrected chi connectivity index (χ3v) is 2.87. The third kappa shape index (κ3) is 1.95. The van der Waals surface area contributed by atoms with Crippen LogP contribution in [0, 0.1) is 11.3 Å². The van der Waals surface area contributed by atoms with Crippen molar-refractivity contribution in [3.63, 3.8) is 0 Å². The van der Waals surface area contributed by atoms with Crippen LogP contribution in [0.5, 0.6) is 0 Å². The molecular formula is C14H16N4. The standard InChI is InChI=1S/C14H16N4/c1-14(2,3)11-6-4-5-7-12(11)18-13(16)10(8-15)9-17-18/h4-7,9H,16H2,1-3H3. The molecule has 0 atom stereocenters. The largest absolute Gasteiger partial charge is 0.382 e. The minimum absolute atomic E-state index is 0.0121. The summed E-state index contributed by atoms with van der Waals surface area (Å²) in [7, 11) is 0. The number of nitrogens with zero attached hydrogens (tertiary/aromatic N) is 3. The fourth-order valence-corrected chi connectivity index (χ4v) is 1.93. The maximum atomic E-state index is 8.92. The van der Waals surface area contributed by atoms with Gasteiger partial charge in [-0.2, -0.15) is 10.4 Å². The lowest BCUT2D eigenvalue weighted by Gasteiger charge is -2.22. The Hall–Kier alpha value is -2.28. The molecule has 2 N–H and O–H groups in total. The number of nitrogens with two attached hydrogens (primary N) is 1. The van der Waals surface area contributed by atoms with Crippen molar-refractivity contribution in [1.29, 1.82) is 5.26 Å². The van der Waals surface area contributed by atoms with E-state index in [1.807, 2.05) is 24.3 Å². The van der Waals surface area contributed by atoms with Crippen LogP contribution in [0.3, 0.4) is 0 Å². The van der Waals surface area contributed by atoms with Crippen LogP contribution in [-0.4, -0.2) is 9.78 Å². The van der Waals surface area contributed by atoms with Gasteiger partial charge < -0.3 is 5.73 Å². The van der Waals surface area contributed by atoms with Gasteiger partial charge in [-0.15, -0.1) is 0 Å². The number of hydrogen-bond donors (Lipinski definition) is 1. The van der Waals surface area contributed by atoms with Gasteiger partial charge in [0, 0.05) is 0 Å². The number of anilines is 1. The molecule has 2 rings (SSSR count). The van der Waals surface area contributed by atoms with Gasteiger partial charge in [0.1, 0.15) is 17.5 Å². The van der Waals surface area contributed by atoms with Gasteiger partial charge in [0.05, 0.1) is 11.9 Å². The van der Waals surface area contributed by atoms with E-state index in [9.17, 15) is 0 Å². The van der Waals surface area contributed by atoms with Gasteiger partial charge >= 0.3 is 0 Å². The van der Waals surface area contributed by atoms with Crippen molar-refractivity contribution in [3.05, 3.63) is 41.6 Å². The van der Waals surface area contributed by atoms with E-state index in [1.54, 1.807) is 4.68 Å². The van der Waals surface area contributed by atoms with Crippen molar-refractivity contribution in [2.75, 3.05) is 5.73 Å². The van der Waals surface area contributed by atoms with Crippen LogP contribution in [0.15, 0.2) is 30.5 Å². The number of para-hydroxylation sites is 1. The maximum absolute atomic E-state index is 8.92. The molecule has 0 aliphatic heterocycles. The maximum Gasteiger partial charge on any atom is 0.145 e. The molecule has 92 valence electrons. The van der Waals surface area contributed by atoms with E-state index in [-0.39, 0.29) is 5.41 Å². The van der Waals surface area contributed by atoms with Crippen molar-refractivity contribution in [2.45, 2.75) is 26.2 Å². The Morgan fingerprint density at radius 3 is 2.50 bits per heavy atom. The molecule has 0 fully saturated rings. The molecule has 0 unspecified atom stereocenters. The molecule has 1 heterocycles. The molecule has 0 bridgehead atoms. The number of hydrogen-bond acceptors (Lipinski definition) is 3. The highest BCUT2D eigenvalue weighted by molar-refractivity contribution is 5.55. The molecule has 0 aliphatic rings. The van der Waals surface area contributed by atoms with Crippen LogP contribution >= 0.6 is 0 Å². The predicted molar refractivity (Wildman–Crippen MR) is 71.4 cm³/mol. The van der Waals surface area contributed by atoms with Crippen molar-refractivity contribution in [3.8, 4) is 11.8 Å². The zero-order valence-corrected chi connectivity index (χ0v) is 10.8. The summed E-state index contributed by atoms with van der Waals surface area (Å²) in [6.07, 6.45) is 1.49. The van der Waals surface area contributed by atoms with E-state index in [0.29, 0.717) is 11.4 Å². The molecular weight excluding hydrogens is 224 g/mol. The molecule has 0 amide bonds. The van der Waals surface area contributed by atoms with Gasteiger partial charge in [0.2, 0.25) is 0 Å². The van der Waals surface area contributed by atoms with Crippen molar-refractivity contribution in [1.82, 2.24) is 9.78 Å². The van der Waals surface area contributed by atoms with Gasteiger partial charge in [0.15, 0.2) is 0 Å². The van der Waals surface area contributed by atoms with Crippen molar-refractivity contribution >= 4 is 5.82 Å². The Morgan fingerprint density at radius 2 is 1.94 bits per heavy atom. The molecule has 0 spiro atoms. The number of benzene rings is 1. The van der Waals surface area contributed by atoms with E-state index < -0.39 is 0 Å². The van der Waals surface area contributed by atoms with Crippen LogP contribution < -0.4 is 5.73 Å². The van der Waals surface area contributed by atoms with E-state index in [1.165, 1.54) is 6.20 Å². The van der Waals surface area contributed by atoms with Crippen molar-refractivity contribution in [2.24, 2.45) is 0 Å². The summed E-state index contributed by atoms with van der Waals surface area (Å²) in [6, 6.07) is 9.99. The number of aromatic nitrogens is 2. The van der Waals surface area contributed by atoms with Crippen LogP contribution in [-0.2, 0) is 5.41 Å². The number of nitriles is 1. The number of nitrogen functional groups attached to an aromatic ring is 1. The van der Waals surface area contributed by atoms with Crippen LogP contribution in [0.25, 0.3) is 5.69 Å². The van der Waals surface area contributed by atoms with E-state index in [2.05, 4.69) is 31.9 Å². The highest BCUT2D eigenvalue weighted by Crippen LogP contribution is 2.29. The first kappa shape index (κ1) is 12.2. The molecule has 0 saturated carbocycles. The summed E-state index contributed by atoms with van der Waals surface area (Å²) in [6.45, 7) is 6.41. The summed E-state index contributed by atoms with van der Waals surface area (Å²) >= 11 is 0. The molecule has 0 saturated heterocycles. The predicted octanol–water partition coefficient (Wildman–Crippen LogP) is 2.62. The van der Waals surface area contributed by atoms with E-state index in [4.69, 9.17) is 11.0 Å². The summed E-state index contributed by atoms with van der Waals surface area (Å²) in [5.74, 6) is 0.384. The quantitative estimate of drug-likeness (QED) is 0.833. The highest BCUT2D eigenvalue weighted by Gasteiger charge is 2.20.